The van der Waals surface area contributed by atoms with E-state index in [9.17, 15) is 13.2 Å². The van der Waals surface area contributed by atoms with Gasteiger partial charge in [-0.1, -0.05) is 0 Å². The molecule has 1 fully saturated rings. The lowest BCUT2D eigenvalue weighted by atomic mass is 10.2. The lowest BCUT2D eigenvalue weighted by Crippen LogP contribution is -2.39. The summed E-state index contributed by atoms with van der Waals surface area (Å²) < 4.78 is 49.7. The van der Waals surface area contributed by atoms with E-state index in [1.54, 1.807) is 30.9 Å². The van der Waals surface area contributed by atoms with Crippen LogP contribution >= 0.6 is 0 Å². The lowest BCUT2D eigenvalue weighted by Gasteiger charge is -2.27. The van der Waals surface area contributed by atoms with Crippen molar-refractivity contribution in [2.75, 3.05) is 18.5 Å². The molecule has 1 aliphatic heterocycles. The predicted molar refractivity (Wildman–Crippen MR) is 94.9 cm³/mol. The van der Waals surface area contributed by atoms with Gasteiger partial charge in [-0.25, -0.2) is 4.98 Å². The van der Waals surface area contributed by atoms with Gasteiger partial charge in [-0.3, -0.25) is 15.0 Å². The first-order valence-corrected chi connectivity index (χ1v) is 8.63. The fraction of sp³-hybridized carbons (Fsp3) is 0.278. The molecule has 0 amide bonds. The molecule has 0 unspecified atom stereocenters. The number of halogens is 3. The topological polar surface area (TPSA) is 94.9 Å². The van der Waals surface area contributed by atoms with Crippen molar-refractivity contribution in [2.24, 2.45) is 0 Å². The SMILES string of the molecule is FC(F)(F)c1cnc(NCc2cnc(-c3cccnc3)cn2)nc1OC1COC1. The highest BCUT2D eigenvalue weighted by molar-refractivity contribution is 5.56. The molecule has 0 bridgehead atoms. The van der Waals surface area contributed by atoms with Gasteiger partial charge in [-0.05, 0) is 12.1 Å². The zero-order valence-electron chi connectivity index (χ0n) is 14.9. The second-order valence-electron chi connectivity index (χ2n) is 6.18. The predicted octanol–water partition coefficient (Wildman–Crippen LogP) is 2.74. The van der Waals surface area contributed by atoms with Crippen LogP contribution in [-0.2, 0) is 17.5 Å². The van der Waals surface area contributed by atoms with Crippen LogP contribution in [0.4, 0.5) is 19.1 Å². The van der Waals surface area contributed by atoms with E-state index in [0.717, 1.165) is 5.56 Å². The van der Waals surface area contributed by atoms with E-state index in [-0.39, 0.29) is 25.7 Å². The standard InChI is InChI=1S/C18H15F3N6O2/c19-18(20,21)14-7-26-17(27-16(14)29-13-9-28-10-13)25-6-12-5-24-15(8-23-12)11-2-1-3-22-4-11/h1-5,7-8,13H,6,9-10H2,(H,25,26,27). The van der Waals surface area contributed by atoms with Crippen molar-refractivity contribution in [1.82, 2.24) is 24.9 Å². The van der Waals surface area contributed by atoms with Crippen molar-refractivity contribution >= 4 is 5.95 Å². The van der Waals surface area contributed by atoms with Gasteiger partial charge in [0.15, 0.2) is 0 Å². The van der Waals surface area contributed by atoms with Crippen molar-refractivity contribution in [1.29, 1.82) is 0 Å². The minimum atomic E-state index is -4.62. The van der Waals surface area contributed by atoms with Gasteiger partial charge in [0.1, 0.15) is 11.7 Å². The second kappa shape index (κ2) is 7.95. The highest BCUT2D eigenvalue weighted by Gasteiger charge is 2.37. The van der Waals surface area contributed by atoms with Crippen LogP contribution in [-0.4, -0.2) is 44.2 Å². The third-order valence-corrected chi connectivity index (χ3v) is 4.04. The van der Waals surface area contributed by atoms with Crippen molar-refractivity contribution in [3.8, 4) is 17.1 Å². The molecule has 0 spiro atoms. The lowest BCUT2D eigenvalue weighted by molar-refractivity contribution is -0.142. The number of ether oxygens (including phenoxy) is 2. The van der Waals surface area contributed by atoms with Gasteiger partial charge in [0.05, 0.1) is 43.5 Å². The van der Waals surface area contributed by atoms with E-state index in [0.29, 0.717) is 17.6 Å². The summed E-state index contributed by atoms with van der Waals surface area (Å²) in [6, 6.07) is 3.66. The van der Waals surface area contributed by atoms with Crippen molar-refractivity contribution in [3.05, 3.63) is 54.4 Å². The molecule has 150 valence electrons. The summed E-state index contributed by atoms with van der Waals surface area (Å²) in [6.07, 6.45) is 2.11. The Balaban J connectivity index is 1.45. The number of nitrogens with zero attached hydrogens (tertiary/aromatic N) is 5. The minimum Gasteiger partial charge on any atom is -0.469 e. The van der Waals surface area contributed by atoms with Crippen molar-refractivity contribution in [2.45, 2.75) is 18.8 Å². The maximum absolute atomic E-state index is 13.1. The Bertz CT molecular complexity index is 966. The van der Waals surface area contributed by atoms with Crippen LogP contribution < -0.4 is 10.1 Å². The summed E-state index contributed by atoms with van der Waals surface area (Å²) in [7, 11) is 0. The maximum atomic E-state index is 13.1. The molecular formula is C18H15F3N6O2. The monoisotopic (exact) mass is 404 g/mol. The van der Waals surface area contributed by atoms with E-state index in [4.69, 9.17) is 9.47 Å². The van der Waals surface area contributed by atoms with Gasteiger partial charge in [0.25, 0.3) is 0 Å². The molecule has 4 rings (SSSR count). The van der Waals surface area contributed by atoms with Gasteiger partial charge in [-0.2, -0.15) is 18.2 Å². The fourth-order valence-electron chi connectivity index (χ4n) is 2.45. The summed E-state index contributed by atoms with van der Waals surface area (Å²) in [5.41, 5.74) is 1.02. The smallest absolute Gasteiger partial charge is 0.423 e. The van der Waals surface area contributed by atoms with E-state index in [1.165, 1.54) is 0 Å². The van der Waals surface area contributed by atoms with E-state index in [1.807, 2.05) is 6.07 Å². The largest absolute Gasteiger partial charge is 0.469 e. The highest BCUT2D eigenvalue weighted by atomic mass is 19.4. The first-order valence-electron chi connectivity index (χ1n) is 8.63. The Morgan fingerprint density at radius 2 is 1.97 bits per heavy atom. The molecule has 8 nitrogen and oxygen atoms in total. The number of aromatic nitrogens is 5. The number of rotatable bonds is 6. The first kappa shape index (κ1) is 19.0. The molecule has 0 aliphatic carbocycles. The quantitative estimate of drug-likeness (QED) is 0.670. The highest BCUT2D eigenvalue weighted by Crippen LogP contribution is 2.35. The van der Waals surface area contributed by atoms with Gasteiger partial charge < -0.3 is 14.8 Å². The average Bonchev–Trinajstić information content (AvgIpc) is 2.69. The Morgan fingerprint density at radius 3 is 2.59 bits per heavy atom. The minimum absolute atomic E-state index is 0.00798. The third-order valence-electron chi connectivity index (χ3n) is 4.04. The maximum Gasteiger partial charge on any atom is 0.423 e. The number of alkyl halides is 3. The van der Waals surface area contributed by atoms with E-state index < -0.39 is 23.7 Å². The van der Waals surface area contributed by atoms with Crippen LogP contribution in [0.1, 0.15) is 11.3 Å². The Hall–Kier alpha value is -3.34. The zero-order chi connectivity index (χ0) is 20.3. The zero-order valence-corrected chi connectivity index (χ0v) is 14.9. The fourth-order valence-corrected chi connectivity index (χ4v) is 2.45. The molecule has 1 N–H and O–H groups in total. The number of nitrogens with one attached hydrogen (secondary N) is 1. The van der Waals surface area contributed by atoms with Crippen LogP contribution in [0.5, 0.6) is 5.88 Å². The van der Waals surface area contributed by atoms with Crippen LogP contribution in [0.2, 0.25) is 0 Å². The molecule has 1 aliphatic rings. The number of anilines is 1. The molecule has 4 heterocycles. The summed E-state index contributed by atoms with van der Waals surface area (Å²) in [5, 5.41) is 2.83. The van der Waals surface area contributed by atoms with Gasteiger partial charge in [0.2, 0.25) is 11.8 Å². The molecule has 0 aromatic carbocycles. The molecule has 29 heavy (non-hydrogen) atoms. The molecule has 1 saturated heterocycles. The summed E-state index contributed by atoms with van der Waals surface area (Å²) in [5.74, 6) is -0.535. The van der Waals surface area contributed by atoms with E-state index >= 15 is 0 Å². The van der Waals surface area contributed by atoms with Crippen LogP contribution in [0, 0.1) is 0 Å². The molecule has 11 heteroatoms. The number of hydrogen-bond acceptors (Lipinski definition) is 8. The molecule has 0 radical (unpaired) electrons. The molecular weight excluding hydrogens is 389 g/mol. The molecule has 3 aromatic heterocycles. The molecule has 3 aromatic rings. The summed E-state index contributed by atoms with van der Waals surface area (Å²) in [6.45, 7) is 0.629. The first-order chi connectivity index (χ1) is 14.0. The van der Waals surface area contributed by atoms with Crippen LogP contribution in [0.3, 0.4) is 0 Å². The van der Waals surface area contributed by atoms with Crippen molar-refractivity contribution < 1.29 is 22.6 Å². The number of pyridine rings is 1. The number of hydrogen-bond donors (Lipinski definition) is 1. The third kappa shape index (κ3) is 4.57. The summed E-state index contributed by atoms with van der Waals surface area (Å²) >= 11 is 0. The van der Waals surface area contributed by atoms with Gasteiger partial charge >= 0.3 is 6.18 Å². The van der Waals surface area contributed by atoms with E-state index in [2.05, 4.69) is 30.2 Å². The van der Waals surface area contributed by atoms with Crippen molar-refractivity contribution in [3.63, 3.8) is 0 Å². The van der Waals surface area contributed by atoms with Crippen LogP contribution in [0.15, 0.2) is 43.1 Å². The van der Waals surface area contributed by atoms with Crippen LogP contribution in [0.25, 0.3) is 11.3 Å². The normalized spacial score (nSPS) is 14.3. The van der Waals surface area contributed by atoms with Gasteiger partial charge in [-0.15, -0.1) is 0 Å². The molecule has 0 atom stereocenters. The van der Waals surface area contributed by atoms with Gasteiger partial charge in [0, 0.05) is 24.2 Å². The Kier molecular flexibility index (Phi) is 5.21. The average molecular weight is 404 g/mol. The Morgan fingerprint density at radius 1 is 1.10 bits per heavy atom. The Labute approximate surface area is 163 Å². The second-order valence-corrected chi connectivity index (χ2v) is 6.18. The summed E-state index contributed by atoms with van der Waals surface area (Å²) in [4.78, 5) is 20.2. The molecule has 0 saturated carbocycles.